The monoisotopic (exact) mass is 341 g/mol. The molecule has 0 spiro atoms. The Morgan fingerprint density at radius 2 is 1.65 bits per heavy atom. The third kappa shape index (κ3) is 5.02. The zero-order valence-corrected chi connectivity index (χ0v) is 11.9. The summed E-state index contributed by atoms with van der Waals surface area (Å²) in [5, 5.41) is 38.5. The molecule has 1 aromatic rings. The molecule has 23 heavy (non-hydrogen) atoms. The summed E-state index contributed by atoms with van der Waals surface area (Å²) in [6.45, 7) is 2.95. The van der Waals surface area contributed by atoms with Gasteiger partial charge in [0.15, 0.2) is 17.1 Å². The molecule has 5 N–H and O–H groups in total. The lowest BCUT2D eigenvalue weighted by Crippen LogP contribution is -3.01. The number of rotatable bonds is 4. The highest BCUT2D eigenvalue weighted by molar-refractivity contribution is 5.92. The lowest BCUT2D eigenvalue weighted by atomic mass is 10.1. The van der Waals surface area contributed by atoms with Crippen LogP contribution in [-0.4, -0.2) is 22.6 Å². The van der Waals surface area contributed by atoms with Gasteiger partial charge in [-0.15, -0.1) is 0 Å². The fourth-order valence-corrected chi connectivity index (χ4v) is 1.62. The molecule has 12 heteroatoms. The van der Waals surface area contributed by atoms with Crippen LogP contribution in [0.3, 0.4) is 0 Å². The van der Waals surface area contributed by atoms with Gasteiger partial charge in [0, 0.05) is 12.1 Å². The average Bonchev–Trinajstić information content (AvgIpc) is 2.35. The van der Waals surface area contributed by atoms with E-state index in [-0.39, 0.29) is 12.1 Å². The maximum Gasteiger partial charge on any atom is 0.416 e. The summed E-state index contributed by atoms with van der Waals surface area (Å²) in [5.41, 5.74) is -4.28. The molecule has 2 unspecified atom stereocenters. The summed E-state index contributed by atoms with van der Waals surface area (Å²) < 4.78 is 42.9. The summed E-state index contributed by atoms with van der Waals surface area (Å²) in [7, 11) is 0. The Kier molecular flexibility index (Phi) is 5.87. The molecule has 0 aliphatic carbocycles. The number of hydrogen-bond donors (Lipinski definition) is 5. The van der Waals surface area contributed by atoms with Crippen molar-refractivity contribution >= 4 is 23.2 Å². The first-order valence-electron chi connectivity index (χ1n) is 6.13. The van der Waals surface area contributed by atoms with Crippen LogP contribution in [0.25, 0.3) is 0 Å². The first-order chi connectivity index (χ1) is 10.4. The van der Waals surface area contributed by atoms with Crippen LogP contribution in [0.15, 0.2) is 12.1 Å². The molecule has 0 saturated carbocycles. The van der Waals surface area contributed by atoms with Gasteiger partial charge in [0.05, 0.1) is 11.7 Å². The van der Waals surface area contributed by atoms with Gasteiger partial charge in [0.2, 0.25) is 0 Å². The second kappa shape index (κ2) is 7.08. The summed E-state index contributed by atoms with van der Waals surface area (Å²) in [6, 6.07) is 0.472. The third-order valence-electron chi connectivity index (χ3n) is 2.50. The Bertz CT molecular complexity index is 548. The first-order valence-corrected chi connectivity index (χ1v) is 6.13. The van der Waals surface area contributed by atoms with Crippen molar-refractivity contribution in [3.05, 3.63) is 28.1 Å². The highest BCUT2D eigenvalue weighted by Crippen LogP contribution is 2.36. The molecular weight excluding hydrogens is 327 g/mol. The van der Waals surface area contributed by atoms with Crippen molar-refractivity contribution < 1.29 is 43.6 Å². The second-order valence-electron chi connectivity index (χ2n) is 4.63. The van der Waals surface area contributed by atoms with Crippen LogP contribution >= 0.6 is 0 Å². The summed E-state index contributed by atoms with van der Waals surface area (Å²) in [4.78, 5) is 11.5. The molecule has 0 heterocycles. The first kappa shape index (κ1) is 19.1. The number of ether oxygens (including phenoxy) is 1. The van der Waals surface area contributed by atoms with Crippen molar-refractivity contribution in [3.8, 4) is 0 Å². The Morgan fingerprint density at radius 1 is 1.22 bits per heavy atom. The molecule has 0 aromatic heterocycles. The highest BCUT2D eigenvalue weighted by Gasteiger charge is 2.35. The number of nitrogens with one attached hydrogen (secondary N) is 3. The fraction of sp³-hybridized carbons (Fsp3) is 0.364. The van der Waals surface area contributed by atoms with Gasteiger partial charge in [-0.1, -0.05) is 0 Å². The summed E-state index contributed by atoms with van der Waals surface area (Å²) >= 11 is 0. The predicted molar refractivity (Wildman–Crippen MR) is 68.2 cm³/mol. The number of alkyl halides is 3. The Hall–Kier alpha value is -1.96. The molecule has 130 valence electrons. The molecule has 0 fully saturated rings. The number of benzene rings is 1. The number of halogens is 3. The van der Waals surface area contributed by atoms with Crippen LogP contribution in [0.5, 0.6) is 0 Å². The van der Waals surface area contributed by atoms with E-state index in [0.29, 0.717) is 0 Å². The molecule has 1 amide bonds. The third-order valence-corrected chi connectivity index (χ3v) is 2.50. The molecular formula is C11H14F3N3O6. The van der Waals surface area contributed by atoms with Gasteiger partial charge < -0.3 is 15.2 Å². The van der Waals surface area contributed by atoms with Gasteiger partial charge in [-0.2, -0.15) is 23.6 Å². The lowest BCUT2D eigenvalue weighted by molar-refractivity contribution is -0.995. The van der Waals surface area contributed by atoms with Crippen LogP contribution in [0.4, 0.5) is 35.0 Å². The minimum Gasteiger partial charge on any atom is -0.595 e. The van der Waals surface area contributed by atoms with Gasteiger partial charge in [0.1, 0.15) is 0 Å². The smallest absolute Gasteiger partial charge is 0.416 e. The predicted octanol–water partition coefficient (Wildman–Crippen LogP) is 0.469. The highest BCUT2D eigenvalue weighted by atomic mass is 19.4. The fourth-order valence-electron chi connectivity index (χ4n) is 1.62. The van der Waals surface area contributed by atoms with Gasteiger partial charge >= 0.3 is 12.3 Å². The SMILES string of the molecule is CC(C)OC(=O)Nc1c([NH+]([O-])O)cc(C(F)(F)F)cc1[NH+]([O-])O. The number of carbonyl (C=O) groups excluding carboxylic acids is 1. The van der Waals surface area contributed by atoms with Crippen LogP contribution in [0, 0.1) is 10.4 Å². The van der Waals surface area contributed by atoms with E-state index in [0.717, 1.165) is 0 Å². The lowest BCUT2D eigenvalue weighted by Gasteiger charge is -2.22. The molecule has 0 radical (unpaired) electrons. The number of anilines is 1. The quantitative estimate of drug-likeness (QED) is 0.506. The topological polar surface area (TPSA) is 134 Å². The number of amides is 1. The standard InChI is InChI=1S/C11H14F3N3O6/c1-5(2)23-10(18)15-9-7(16(19)20)3-6(11(12,13)14)4-8(9)17(21)22/h3-5,16-17,19,21H,1-2H3,(H,15,18). The zero-order chi connectivity index (χ0) is 17.9. The van der Waals surface area contributed by atoms with Crippen molar-refractivity contribution in [1.82, 2.24) is 0 Å². The molecule has 9 nitrogen and oxygen atoms in total. The maximum atomic E-state index is 12.7. The van der Waals surface area contributed by atoms with Crippen molar-refractivity contribution in [3.63, 3.8) is 0 Å². The number of quaternary nitrogens is 2. The van der Waals surface area contributed by atoms with Gasteiger partial charge in [-0.3, -0.25) is 5.32 Å². The molecule has 2 atom stereocenters. The van der Waals surface area contributed by atoms with Crippen LogP contribution in [0.1, 0.15) is 19.4 Å². The molecule has 1 rings (SSSR count). The van der Waals surface area contributed by atoms with E-state index in [1.165, 1.54) is 13.8 Å². The van der Waals surface area contributed by atoms with Crippen LogP contribution in [-0.2, 0) is 10.9 Å². The normalized spacial score (nSPS) is 14.5. The van der Waals surface area contributed by atoms with Crippen molar-refractivity contribution in [2.45, 2.75) is 26.1 Å². The minimum atomic E-state index is -4.95. The van der Waals surface area contributed by atoms with Gasteiger partial charge in [-0.05, 0) is 13.8 Å². The van der Waals surface area contributed by atoms with E-state index in [2.05, 4.69) is 4.74 Å². The minimum absolute atomic E-state index is 0.236. The molecule has 0 aliphatic rings. The van der Waals surface area contributed by atoms with Crippen molar-refractivity contribution in [2.75, 3.05) is 5.32 Å². The van der Waals surface area contributed by atoms with E-state index >= 15 is 0 Å². The van der Waals surface area contributed by atoms with Gasteiger partial charge in [0.25, 0.3) is 0 Å². The number of carbonyl (C=O) groups is 1. The van der Waals surface area contributed by atoms with Gasteiger partial charge in [-0.25, -0.2) is 15.2 Å². The number of hydrogen-bond acceptors (Lipinski definition) is 6. The largest absolute Gasteiger partial charge is 0.595 e. The van der Waals surface area contributed by atoms with E-state index < -0.39 is 51.5 Å². The van der Waals surface area contributed by atoms with E-state index in [9.17, 15) is 28.4 Å². The van der Waals surface area contributed by atoms with Crippen LogP contribution in [0.2, 0.25) is 0 Å². The van der Waals surface area contributed by atoms with Crippen LogP contribution < -0.4 is 15.8 Å². The van der Waals surface area contributed by atoms with Crippen molar-refractivity contribution in [1.29, 1.82) is 0 Å². The van der Waals surface area contributed by atoms with E-state index in [1.54, 1.807) is 0 Å². The molecule has 1 aromatic carbocycles. The molecule has 0 aliphatic heterocycles. The molecule has 0 saturated heterocycles. The Labute approximate surface area is 127 Å². The summed E-state index contributed by atoms with van der Waals surface area (Å²) in [5.74, 6) is 0. The summed E-state index contributed by atoms with van der Waals surface area (Å²) in [6.07, 6.45) is -6.75. The maximum absolute atomic E-state index is 12.7. The van der Waals surface area contributed by atoms with E-state index in [1.807, 2.05) is 5.32 Å². The second-order valence-corrected chi connectivity index (χ2v) is 4.63. The average molecular weight is 341 g/mol. The van der Waals surface area contributed by atoms with E-state index in [4.69, 9.17) is 10.4 Å². The Morgan fingerprint density at radius 3 is 1.96 bits per heavy atom. The van der Waals surface area contributed by atoms with Crippen molar-refractivity contribution in [2.24, 2.45) is 0 Å². The Balaban J connectivity index is 3.44. The zero-order valence-electron chi connectivity index (χ0n) is 11.9. The molecule has 0 bridgehead atoms.